The van der Waals surface area contributed by atoms with Gasteiger partial charge in [-0.15, -0.1) is 0 Å². The van der Waals surface area contributed by atoms with Crippen LogP contribution in [-0.4, -0.2) is 25.7 Å². The van der Waals surface area contributed by atoms with Crippen molar-refractivity contribution in [2.45, 2.75) is 6.04 Å². The van der Waals surface area contributed by atoms with E-state index >= 15 is 0 Å². The molecule has 3 rings (SSSR count). The number of carboxylic acids is 1. The Labute approximate surface area is 170 Å². The molecule has 0 aliphatic carbocycles. The van der Waals surface area contributed by atoms with Gasteiger partial charge < -0.3 is 5.11 Å². The van der Waals surface area contributed by atoms with Gasteiger partial charge in [-0.2, -0.15) is 0 Å². The first-order chi connectivity index (χ1) is 13.8. The molecule has 0 aliphatic rings. The number of benzene rings is 3. The summed E-state index contributed by atoms with van der Waals surface area (Å²) < 4.78 is 26.6. The summed E-state index contributed by atoms with van der Waals surface area (Å²) in [7, 11) is -3.48. The number of sulfonamides is 1. The first-order valence-electron chi connectivity index (χ1n) is 8.95. The highest BCUT2D eigenvalue weighted by Gasteiger charge is 2.18. The van der Waals surface area contributed by atoms with E-state index in [1.54, 1.807) is 18.2 Å². The maximum Gasteiger partial charge on any atom is 0.328 e. The number of carbonyl (C=O) groups is 1. The molecule has 5 nitrogen and oxygen atoms in total. The van der Waals surface area contributed by atoms with Gasteiger partial charge in [-0.05, 0) is 40.0 Å². The van der Waals surface area contributed by atoms with Gasteiger partial charge in [0.15, 0.2) is 0 Å². The zero-order valence-electron chi connectivity index (χ0n) is 15.8. The van der Waals surface area contributed by atoms with E-state index in [0.717, 1.165) is 34.6 Å². The van der Waals surface area contributed by atoms with Crippen LogP contribution in [0.1, 0.15) is 22.7 Å². The van der Waals surface area contributed by atoms with Crippen LogP contribution in [0.25, 0.3) is 17.2 Å². The zero-order chi connectivity index (χ0) is 20.9. The van der Waals surface area contributed by atoms with Crippen molar-refractivity contribution < 1.29 is 18.3 Å². The lowest BCUT2D eigenvalue weighted by molar-refractivity contribution is -0.131. The van der Waals surface area contributed by atoms with Gasteiger partial charge in [-0.3, -0.25) is 0 Å². The molecule has 0 radical (unpaired) electrons. The lowest BCUT2D eigenvalue weighted by Crippen LogP contribution is -2.28. The molecule has 1 atom stereocenters. The molecule has 0 amide bonds. The van der Waals surface area contributed by atoms with Crippen LogP contribution in [-0.2, 0) is 14.8 Å². The number of carboxylic acid groups (broad SMARTS) is 1. The number of aliphatic carboxylic acids is 1. The maximum absolute atomic E-state index is 12.0. The average molecular weight is 407 g/mol. The van der Waals surface area contributed by atoms with E-state index < -0.39 is 22.0 Å². The lowest BCUT2D eigenvalue weighted by Gasteiger charge is -2.19. The third-order valence-electron chi connectivity index (χ3n) is 4.35. The molecule has 29 heavy (non-hydrogen) atoms. The van der Waals surface area contributed by atoms with Crippen LogP contribution in [0.4, 0.5) is 0 Å². The molecule has 0 saturated heterocycles. The Morgan fingerprint density at radius 1 is 0.897 bits per heavy atom. The monoisotopic (exact) mass is 407 g/mol. The largest absolute Gasteiger partial charge is 0.478 e. The van der Waals surface area contributed by atoms with Gasteiger partial charge in [0.25, 0.3) is 0 Å². The Balaban J connectivity index is 1.98. The third kappa shape index (κ3) is 5.88. The van der Waals surface area contributed by atoms with E-state index in [4.69, 9.17) is 5.11 Å². The second-order valence-corrected chi connectivity index (χ2v) is 8.43. The summed E-state index contributed by atoms with van der Waals surface area (Å²) in [6.45, 7) is 0. The molecule has 0 bridgehead atoms. The SMILES string of the molecule is CS(=O)(=O)NC(c1ccc(-c2ccccc2)cc1)c1cccc(/C=C/C(=O)O)c1. The summed E-state index contributed by atoms with van der Waals surface area (Å²) in [4.78, 5) is 10.8. The number of hydrogen-bond donors (Lipinski definition) is 2. The van der Waals surface area contributed by atoms with E-state index in [1.807, 2.05) is 60.7 Å². The summed E-state index contributed by atoms with van der Waals surface area (Å²) in [5.74, 6) is -1.04. The van der Waals surface area contributed by atoms with Gasteiger partial charge in [0, 0.05) is 6.08 Å². The highest BCUT2D eigenvalue weighted by atomic mass is 32.2. The maximum atomic E-state index is 12.0. The normalized spacial score (nSPS) is 12.7. The first-order valence-corrected chi connectivity index (χ1v) is 10.8. The molecule has 0 saturated carbocycles. The van der Waals surface area contributed by atoms with Crippen LogP contribution in [0.3, 0.4) is 0 Å². The summed E-state index contributed by atoms with van der Waals surface area (Å²) in [6, 6.07) is 24.1. The highest BCUT2D eigenvalue weighted by molar-refractivity contribution is 7.88. The van der Waals surface area contributed by atoms with Crippen molar-refractivity contribution in [3.8, 4) is 11.1 Å². The summed E-state index contributed by atoms with van der Waals surface area (Å²) in [6.07, 6.45) is 3.64. The van der Waals surface area contributed by atoms with Crippen LogP contribution in [0.2, 0.25) is 0 Å². The fraction of sp³-hybridized carbons (Fsp3) is 0.0870. The van der Waals surface area contributed by atoms with Crippen molar-refractivity contribution in [2.24, 2.45) is 0 Å². The van der Waals surface area contributed by atoms with Gasteiger partial charge in [0.05, 0.1) is 12.3 Å². The quantitative estimate of drug-likeness (QED) is 0.578. The second-order valence-electron chi connectivity index (χ2n) is 6.65. The highest BCUT2D eigenvalue weighted by Crippen LogP contribution is 2.27. The van der Waals surface area contributed by atoms with E-state index in [1.165, 1.54) is 6.08 Å². The Bertz CT molecular complexity index is 1120. The van der Waals surface area contributed by atoms with Gasteiger partial charge in [-0.25, -0.2) is 17.9 Å². The summed E-state index contributed by atoms with van der Waals surface area (Å²) >= 11 is 0. The molecular weight excluding hydrogens is 386 g/mol. The molecule has 0 aromatic heterocycles. The van der Waals surface area contributed by atoms with Crippen LogP contribution in [0, 0.1) is 0 Å². The lowest BCUT2D eigenvalue weighted by atomic mass is 9.95. The Morgan fingerprint density at radius 2 is 1.55 bits per heavy atom. The molecule has 1 unspecified atom stereocenters. The molecule has 6 heteroatoms. The van der Waals surface area contributed by atoms with E-state index in [2.05, 4.69) is 4.72 Å². The summed E-state index contributed by atoms with van der Waals surface area (Å²) in [5.41, 5.74) is 4.29. The van der Waals surface area contributed by atoms with Crippen LogP contribution >= 0.6 is 0 Å². The Hall–Kier alpha value is -3.22. The predicted octanol–water partition coefficient (Wildman–Crippen LogP) is 4.09. The zero-order valence-corrected chi connectivity index (χ0v) is 16.6. The molecular formula is C23H21NO4S. The Kier molecular flexibility index (Phi) is 6.26. The molecule has 3 aromatic rings. The fourth-order valence-electron chi connectivity index (χ4n) is 3.05. The van der Waals surface area contributed by atoms with Gasteiger partial charge in [0.2, 0.25) is 10.0 Å². The van der Waals surface area contributed by atoms with Crippen LogP contribution in [0.5, 0.6) is 0 Å². The van der Waals surface area contributed by atoms with Crippen molar-refractivity contribution in [1.29, 1.82) is 0 Å². The summed E-state index contributed by atoms with van der Waals surface area (Å²) in [5, 5.41) is 8.83. The molecule has 0 spiro atoms. The third-order valence-corrected chi connectivity index (χ3v) is 5.01. The van der Waals surface area contributed by atoms with Gasteiger partial charge in [0.1, 0.15) is 0 Å². The minimum Gasteiger partial charge on any atom is -0.478 e. The first kappa shape index (κ1) is 20.5. The standard InChI is InChI=1S/C23H21NO4S/c1-29(27,28)24-23(21-9-5-6-17(16-21)10-15-22(25)26)20-13-11-19(12-14-20)18-7-3-2-4-8-18/h2-16,23-24H,1H3,(H,25,26)/b15-10+. The van der Waals surface area contributed by atoms with Crippen molar-refractivity contribution in [3.63, 3.8) is 0 Å². The minimum atomic E-state index is -3.48. The van der Waals surface area contributed by atoms with Gasteiger partial charge in [-0.1, -0.05) is 72.8 Å². The van der Waals surface area contributed by atoms with Crippen LogP contribution in [0.15, 0.2) is 84.9 Å². The van der Waals surface area contributed by atoms with Crippen molar-refractivity contribution in [3.05, 3.63) is 102 Å². The number of rotatable bonds is 7. The number of hydrogen-bond acceptors (Lipinski definition) is 3. The molecule has 0 heterocycles. The topological polar surface area (TPSA) is 83.5 Å². The molecule has 0 aliphatic heterocycles. The van der Waals surface area contributed by atoms with Crippen molar-refractivity contribution in [1.82, 2.24) is 4.72 Å². The average Bonchev–Trinajstić information content (AvgIpc) is 2.71. The number of nitrogens with one attached hydrogen (secondary N) is 1. The molecule has 0 fully saturated rings. The van der Waals surface area contributed by atoms with E-state index in [9.17, 15) is 13.2 Å². The minimum absolute atomic E-state index is 0.590. The predicted molar refractivity (Wildman–Crippen MR) is 115 cm³/mol. The molecule has 148 valence electrons. The molecule has 2 N–H and O–H groups in total. The van der Waals surface area contributed by atoms with Gasteiger partial charge >= 0.3 is 5.97 Å². The van der Waals surface area contributed by atoms with E-state index in [0.29, 0.717) is 5.56 Å². The smallest absolute Gasteiger partial charge is 0.328 e. The van der Waals surface area contributed by atoms with Crippen molar-refractivity contribution in [2.75, 3.05) is 6.26 Å². The fourth-order valence-corrected chi connectivity index (χ4v) is 3.75. The van der Waals surface area contributed by atoms with Crippen LogP contribution < -0.4 is 4.72 Å². The Morgan fingerprint density at radius 3 is 2.17 bits per heavy atom. The van der Waals surface area contributed by atoms with Crippen molar-refractivity contribution >= 4 is 22.1 Å². The van der Waals surface area contributed by atoms with E-state index in [-0.39, 0.29) is 0 Å². The molecule has 3 aromatic carbocycles. The second kappa shape index (κ2) is 8.86.